The van der Waals surface area contributed by atoms with Crippen molar-refractivity contribution in [2.24, 2.45) is 0 Å². The number of hydrogen-bond donors (Lipinski definition) is 0. The van der Waals surface area contributed by atoms with Gasteiger partial charge in [0.15, 0.2) is 0 Å². The summed E-state index contributed by atoms with van der Waals surface area (Å²) in [5.41, 5.74) is 1.15. The number of anilines is 1. The van der Waals surface area contributed by atoms with Crippen LogP contribution in [0.5, 0.6) is 0 Å². The van der Waals surface area contributed by atoms with E-state index in [1.165, 1.54) is 24.3 Å². The van der Waals surface area contributed by atoms with Crippen molar-refractivity contribution in [3.63, 3.8) is 0 Å². The van der Waals surface area contributed by atoms with Crippen LogP contribution in [0.3, 0.4) is 0 Å². The maximum absolute atomic E-state index is 12.9. The Kier molecular flexibility index (Phi) is 4.43. The van der Waals surface area contributed by atoms with Crippen molar-refractivity contribution < 1.29 is 9.72 Å². The molecule has 0 fully saturated rings. The quantitative estimate of drug-likeness (QED) is 0.529. The molecule has 0 aliphatic heterocycles. The molecule has 2 aromatic carbocycles. The van der Waals surface area contributed by atoms with E-state index in [0.717, 1.165) is 10.9 Å². The average Bonchev–Trinajstić information content (AvgIpc) is 2.61. The number of nitrogens with zero attached hydrogens (tertiary/aromatic N) is 3. The van der Waals surface area contributed by atoms with Crippen molar-refractivity contribution in [2.45, 2.75) is 19.9 Å². The molecule has 0 saturated carbocycles. The summed E-state index contributed by atoms with van der Waals surface area (Å²) in [6.45, 7) is 3.81. The largest absolute Gasteiger partial charge is 0.290 e. The van der Waals surface area contributed by atoms with Crippen LogP contribution in [0.4, 0.5) is 11.5 Å². The fraction of sp³-hybridized carbons (Fsp3) is 0.158. The van der Waals surface area contributed by atoms with Crippen LogP contribution in [0.2, 0.25) is 0 Å². The van der Waals surface area contributed by atoms with E-state index in [0.29, 0.717) is 11.4 Å². The second-order valence-corrected chi connectivity index (χ2v) is 5.94. The number of hydrogen-bond acceptors (Lipinski definition) is 4. The minimum Gasteiger partial charge on any atom is -0.290 e. The van der Waals surface area contributed by atoms with E-state index in [1.54, 1.807) is 4.90 Å². The van der Waals surface area contributed by atoms with Crippen molar-refractivity contribution in [1.82, 2.24) is 4.98 Å². The summed E-state index contributed by atoms with van der Waals surface area (Å²) in [4.78, 5) is 29.4. The Labute approximate surface area is 144 Å². The normalized spacial score (nSPS) is 10.8. The number of nitro benzene ring substituents is 1. The number of carbonyl (C=O) groups is 1. The molecule has 0 bridgehead atoms. The van der Waals surface area contributed by atoms with Gasteiger partial charge in [0.1, 0.15) is 5.82 Å². The molecular weight excluding hydrogens is 318 g/mol. The first-order valence-corrected chi connectivity index (χ1v) is 7.91. The Morgan fingerprint density at radius 1 is 1.04 bits per heavy atom. The van der Waals surface area contributed by atoms with Crippen LogP contribution < -0.4 is 4.90 Å². The lowest BCUT2D eigenvalue weighted by Crippen LogP contribution is -2.37. The van der Waals surface area contributed by atoms with Gasteiger partial charge in [-0.1, -0.05) is 18.2 Å². The molecule has 0 aliphatic rings. The average molecular weight is 335 g/mol. The van der Waals surface area contributed by atoms with E-state index < -0.39 is 4.92 Å². The Balaban J connectivity index is 1.99. The van der Waals surface area contributed by atoms with Gasteiger partial charge in [0.05, 0.1) is 10.4 Å². The Hall–Kier alpha value is -3.28. The number of carbonyl (C=O) groups excluding carboxylic acids is 1. The van der Waals surface area contributed by atoms with Gasteiger partial charge in [0, 0.05) is 29.1 Å². The van der Waals surface area contributed by atoms with Gasteiger partial charge in [0.25, 0.3) is 11.6 Å². The zero-order valence-electron chi connectivity index (χ0n) is 13.9. The highest BCUT2D eigenvalue weighted by atomic mass is 16.6. The van der Waals surface area contributed by atoms with Gasteiger partial charge in [-0.3, -0.25) is 19.8 Å². The van der Waals surface area contributed by atoms with Gasteiger partial charge >= 0.3 is 0 Å². The third-order valence-electron chi connectivity index (χ3n) is 3.89. The maximum atomic E-state index is 12.9. The predicted octanol–water partition coefficient (Wildman–Crippen LogP) is 4.20. The number of non-ortho nitro benzene ring substituents is 1. The number of nitro groups is 1. The van der Waals surface area contributed by atoms with E-state index in [-0.39, 0.29) is 17.6 Å². The molecule has 3 aromatic rings. The van der Waals surface area contributed by atoms with E-state index in [4.69, 9.17) is 0 Å². The molecule has 0 atom stereocenters. The van der Waals surface area contributed by atoms with Crippen molar-refractivity contribution in [1.29, 1.82) is 0 Å². The summed E-state index contributed by atoms with van der Waals surface area (Å²) in [6, 6.07) is 16.9. The molecule has 1 aromatic heterocycles. The van der Waals surface area contributed by atoms with Gasteiger partial charge in [-0.15, -0.1) is 0 Å². The molecule has 1 heterocycles. The molecule has 6 heteroatoms. The minimum atomic E-state index is -0.487. The summed E-state index contributed by atoms with van der Waals surface area (Å²) < 4.78 is 0. The Morgan fingerprint density at radius 2 is 1.72 bits per heavy atom. The summed E-state index contributed by atoms with van der Waals surface area (Å²) in [5, 5.41) is 11.8. The first kappa shape index (κ1) is 16.6. The summed E-state index contributed by atoms with van der Waals surface area (Å²) in [6.07, 6.45) is 0. The minimum absolute atomic E-state index is 0.0449. The van der Waals surface area contributed by atoms with Crippen LogP contribution in [-0.2, 0) is 0 Å². The molecule has 6 nitrogen and oxygen atoms in total. The number of para-hydroxylation sites is 1. The smallest absolute Gasteiger partial charge is 0.269 e. The third-order valence-corrected chi connectivity index (χ3v) is 3.89. The maximum Gasteiger partial charge on any atom is 0.269 e. The second kappa shape index (κ2) is 6.68. The number of amides is 1. The zero-order chi connectivity index (χ0) is 18.0. The number of aromatic nitrogens is 1. The lowest BCUT2D eigenvalue weighted by molar-refractivity contribution is -0.384. The number of benzene rings is 2. The van der Waals surface area contributed by atoms with Crippen LogP contribution >= 0.6 is 0 Å². The van der Waals surface area contributed by atoms with Crippen LogP contribution in [0.25, 0.3) is 10.9 Å². The van der Waals surface area contributed by atoms with Crippen LogP contribution in [0.15, 0.2) is 60.7 Å². The van der Waals surface area contributed by atoms with E-state index in [1.807, 2.05) is 50.2 Å². The summed E-state index contributed by atoms with van der Waals surface area (Å²) in [7, 11) is 0. The van der Waals surface area contributed by atoms with Crippen molar-refractivity contribution in [3.05, 3.63) is 76.3 Å². The van der Waals surface area contributed by atoms with E-state index in [9.17, 15) is 14.9 Å². The molecule has 0 aliphatic carbocycles. The highest BCUT2D eigenvalue weighted by Gasteiger charge is 2.22. The highest BCUT2D eigenvalue weighted by molar-refractivity contribution is 6.06. The van der Waals surface area contributed by atoms with Gasteiger partial charge in [-0.2, -0.15) is 0 Å². The fourth-order valence-electron chi connectivity index (χ4n) is 2.66. The lowest BCUT2D eigenvalue weighted by Gasteiger charge is -2.26. The van der Waals surface area contributed by atoms with Crippen LogP contribution in [-0.4, -0.2) is 21.9 Å². The fourth-order valence-corrected chi connectivity index (χ4v) is 2.66. The molecule has 1 amide bonds. The first-order valence-electron chi connectivity index (χ1n) is 7.91. The van der Waals surface area contributed by atoms with Crippen molar-refractivity contribution in [3.8, 4) is 0 Å². The Bertz CT molecular complexity index is 936. The number of fused-ring (bicyclic) bond motifs is 1. The monoisotopic (exact) mass is 335 g/mol. The molecule has 3 rings (SSSR count). The van der Waals surface area contributed by atoms with Crippen LogP contribution in [0, 0.1) is 10.1 Å². The van der Waals surface area contributed by atoms with Gasteiger partial charge in [-0.05, 0) is 44.2 Å². The zero-order valence-corrected chi connectivity index (χ0v) is 13.9. The Morgan fingerprint density at radius 3 is 2.36 bits per heavy atom. The second-order valence-electron chi connectivity index (χ2n) is 5.94. The van der Waals surface area contributed by atoms with Gasteiger partial charge in [0.2, 0.25) is 0 Å². The third kappa shape index (κ3) is 3.33. The molecule has 0 N–H and O–H groups in total. The van der Waals surface area contributed by atoms with E-state index >= 15 is 0 Å². The predicted molar refractivity (Wildman–Crippen MR) is 96.8 cm³/mol. The topological polar surface area (TPSA) is 76.3 Å². The number of rotatable bonds is 4. The SMILES string of the molecule is CC(C)N(C(=O)c1ccc([N+](=O)[O-])cc1)c1ccc2ccccc2n1. The van der Waals surface area contributed by atoms with Gasteiger partial charge < -0.3 is 0 Å². The first-order chi connectivity index (χ1) is 12.0. The number of pyridine rings is 1. The molecule has 126 valence electrons. The van der Waals surface area contributed by atoms with Crippen molar-refractivity contribution >= 4 is 28.3 Å². The summed E-state index contributed by atoms with van der Waals surface area (Å²) >= 11 is 0. The standard InChI is InChI=1S/C19H17N3O3/c1-13(2)21(18-12-9-14-5-3-4-6-17(14)20-18)19(23)15-7-10-16(11-8-15)22(24)25/h3-13H,1-2H3. The molecule has 0 spiro atoms. The molecule has 0 saturated heterocycles. The molecular formula is C19H17N3O3. The molecule has 0 unspecified atom stereocenters. The van der Waals surface area contributed by atoms with Crippen LogP contribution in [0.1, 0.15) is 24.2 Å². The van der Waals surface area contributed by atoms with E-state index in [2.05, 4.69) is 4.98 Å². The molecule has 0 radical (unpaired) electrons. The highest BCUT2D eigenvalue weighted by Crippen LogP contribution is 2.22. The van der Waals surface area contributed by atoms with Gasteiger partial charge in [-0.25, -0.2) is 4.98 Å². The van der Waals surface area contributed by atoms with Crippen molar-refractivity contribution in [2.75, 3.05) is 4.90 Å². The lowest BCUT2D eigenvalue weighted by atomic mass is 10.1. The summed E-state index contributed by atoms with van der Waals surface area (Å²) in [5.74, 6) is 0.310. The molecule has 25 heavy (non-hydrogen) atoms.